The second kappa shape index (κ2) is 8.58. The van der Waals surface area contributed by atoms with Crippen LogP contribution in [-0.2, 0) is 0 Å². The van der Waals surface area contributed by atoms with Gasteiger partial charge in [0.2, 0.25) is 0 Å². The van der Waals surface area contributed by atoms with Crippen LogP contribution in [0.2, 0.25) is 0 Å². The zero-order valence-corrected chi connectivity index (χ0v) is 19.3. The molecule has 0 saturated carbocycles. The van der Waals surface area contributed by atoms with Crippen LogP contribution in [0, 0.1) is 20.8 Å². The van der Waals surface area contributed by atoms with Crippen molar-refractivity contribution >= 4 is 11.6 Å². The molecule has 0 spiro atoms. The first-order valence-corrected chi connectivity index (χ1v) is 11.3. The van der Waals surface area contributed by atoms with Gasteiger partial charge in [-0.25, -0.2) is 9.36 Å². The van der Waals surface area contributed by atoms with E-state index in [1.807, 2.05) is 69.7 Å². The Labute approximate surface area is 193 Å². The molecule has 0 N–H and O–H groups in total. The number of para-hydroxylation sites is 2. The van der Waals surface area contributed by atoms with Gasteiger partial charge in [-0.3, -0.25) is 4.79 Å². The van der Waals surface area contributed by atoms with Crippen molar-refractivity contribution in [3.8, 4) is 11.4 Å². The van der Waals surface area contributed by atoms with Crippen LogP contribution in [-0.4, -0.2) is 56.5 Å². The molecule has 1 fully saturated rings. The average Bonchev–Trinajstić information content (AvgIpc) is 3.38. The summed E-state index contributed by atoms with van der Waals surface area (Å²) in [7, 11) is 0. The van der Waals surface area contributed by atoms with Gasteiger partial charge in [0.15, 0.2) is 0 Å². The molecule has 33 heavy (non-hydrogen) atoms. The number of hydrogen-bond acceptors (Lipinski definition) is 4. The lowest BCUT2D eigenvalue weighted by atomic mass is 10.2. The number of benzene rings is 2. The van der Waals surface area contributed by atoms with E-state index in [0.717, 1.165) is 41.5 Å². The molecule has 0 atom stereocenters. The Balaban J connectivity index is 1.31. The number of nitrogens with zero attached hydrogens (tertiary/aromatic N) is 6. The number of carbonyl (C=O) groups is 1. The fourth-order valence-electron chi connectivity index (χ4n) is 4.67. The highest BCUT2D eigenvalue weighted by Gasteiger charge is 2.27. The quantitative estimate of drug-likeness (QED) is 0.482. The van der Waals surface area contributed by atoms with Crippen LogP contribution in [0.15, 0.2) is 66.9 Å². The maximum Gasteiger partial charge on any atom is 0.257 e. The van der Waals surface area contributed by atoms with Gasteiger partial charge in [0, 0.05) is 26.2 Å². The molecular formula is C26H28N6O. The monoisotopic (exact) mass is 440 g/mol. The van der Waals surface area contributed by atoms with Crippen molar-refractivity contribution in [2.75, 3.05) is 31.1 Å². The van der Waals surface area contributed by atoms with Crippen LogP contribution in [0.4, 0.5) is 5.69 Å². The molecule has 4 aromatic rings. The summed E-state index contributed by atoms with van der Waals surface area (Å²) in [5.74, 6) is 0.0442. The maximum absolute atomic E-state index is 13.3. The molecule has 7 heteroatoms. The molecule has 0 radical (unpaired) electrons. The first kappa shape index (κ1) is 21.0. The third kappa shape index (κ3) is 3.80. The number of piperazine rings is 1. The number of amides is 1. The molecule has 3 heterocycles. The van der Waals surface area contributed by atoms with E-state index in [0.29, 0.717) is 18.7 Å². The van der Waals surface area contributed by atoms with Gasteiger partial charge in [-0.05, 0) is 45.0 Å². The number of aromatic nitrogens is 4. The second-order valence-electron chi connectivity index (χ2n) is 8.44. The molecule has 5 rings (SSSR count). The highest BCUT2D eigenvalue weighted by Crippen LogP contribution is 2.28. The summed E-state index contributed by atoms with van der Waals surface area (Å²) in [6.07, 6.45) is 1.69. The number of anilines is 1. The summed E-state index contributed by atoms with van der Waals surface area (Å²) in [5, 5.41) is 9.25. The van der Waals surface area contributed by atoms with Crippen LogP contribution in [0.25, 0.3) is 11.4 Å². The van der Waals surface area contributed by atoms with Crippen LogP contribution in [0.3, 0.4) is 0 Å². The van der Waals surface area contributed by atoms with Crippen LogP contribution in [0.1, 0.15) is 27.4 Å². The zero-order valence-electron chi connectivity index (χ0n) is 19.3. The summed E-state index contributed by atoms with van der Waals surface area (Å²) in [4.78, 5) is 17.6. The lowest BCUT2D eigenvalue weighted by Gasteiger charge is -2.36. The minimum Gasteiger partial charge on any atom is -0.365 e. The third-order valence-electron chi connectivity index (χ3n) is 6.38. The van der Waals surface area contributed by atoms with Gasteiger partial charge in [-0.2, -0.15) is 10.2 Å². The van der Waals surface area contributed by atoms with Crippen LogP contribution < -0.4 is 4.90 Å². The van der Waals surface area contributed by atoms with E-state index in [-0.39, 0.29) is 5.91 Å². The molecule has 1 saturated heterocycles. The molecule has 7 nitrogen and oxygen atoms in total. The van der Waals surface area contributed by atoms with Gasteiger partial charge in [-0.15, -0.1) is 0 Å². The van der Waals surface area contributed by atoms with Crippen LogP contribution in [0.5, 0.6) is 0 Å². The minimum absolute atomic E-state index is 0.0442. The molecular weight excluding hydrogens is 412 g/mol. The van der Waals surface area contributed by atoms with Crippen LogP contribution >= 0.6 is 0 Å². The van der Waals surface area contributed by atoms with Crippen molar-refractivity contribution in [1.82, 2.24) is 24.5 Å². The standard InChI is InChI=1S/C26H28N6O/c1-19-25(21(3)32(28-19)23-12-8-5-9-13-23)29-14-16-30(17-15-29)26(33)24-18-27-31(20(24)2)22-10-6-4-7-11-22/h4-13,18H,14-17H2,1-3H3. The fourth-order valence-corrected chi connectivity index (χ4v) is 4.67. The Morgan fingerprint density at radius 1 is 0.758 bits per heavy atom. The van der Waals surface area contributed by atoms with Crippen molar-refractivity contribution in [3.05, 3.63) is 89.5 Å². The van der Waals surface area contributed by atoms with Crippen molar-refractivity contribution in [2.45, 2.75) is 20.8 Å². The highest BCUT2D eigenvalue weighted by atomic mass is 16.2. The fraction of sp³-hybridized carbons (Fsp3) is 0.269. The average molecular weight is 441 g/mol. The number of aryl methyl sites for hydroxylation is 1. The molecule has 0 unspecified atom stereocenters. The summed E-state index contributed by atoms with van der Waals surface area (Å²) in [6, 6.07) is 20.1. The zero-order chi connectivity index (χ0) is 22.9. The number of carbonyl (C=O) groups excluding carboxylic acids is 1. The van der Waals surface area contributed by atoms with Gasteiger partial charge >= 0.3 is 0 Å². The lowest BCUT2D eigenvalue weighted by molar-refractivity contribution is 0.0746. The predicted octanol–water partition coefficient (Wildman–Crippen LogP) is 3.95. The van der Waals surface area contributed by atoms with Gasteiger partial charge in [0.1, 0.15) is 0 Å². The van der Waals surface area contributed by atoms with Gasteiger partial charge in [0.25, 0.3) is 5.91 Å². The highest BCUT2D eigenvalue weighted by molar-refractivity contribution is 5.95. The summed E-state index contributed by atoms with van der Waals surface area (Å²) >= 11 is 0. The third-order valence-corrected chi connectivity index (χ3v) is 6.38. The summed E-state index contributed by atoms with van der Waals surface area (Å²) in [6.45, 7) is 9.02. The molecule has 0 aliphatic carbocycles. The van der Waals surface area contributed by atoms with Gasteiger partial charge in [-0.1, -0.05) is 36.4 Å². The first-order valence-electron chi connectivity index (χ1n) is 11.3. The van der Waals surface area contributed by atoms with E-state index >= 15 is 0 Å². The maximum atomic E-state index is 13.3. The molecule has 2 aromatic carbocycles. The molecule has 1 aliphatic rings. The summed E-state index contributed by atoms with van der Waals surface area (Å²) < 4.78 is 3.83. The van der Waals surface area contributed by atoms with E-state index in [9.17, 15) is 4.79 Å². The number of hydrogen-bond donors (Lipinski definition) is 0. The molecule has 1 amide bonds. The largest absolute Gasteiger partial charge is 0.365 e. The van der Waals surface area contributed by atoms with E-state index in [2.05, 4.69) is 36.0 Å². The normalized spacial score (nSPS) is 14.0. The Bertz CT molecular complexity index is 1270. The minimum atomic E-state index is 0.0442. The smallest absolute Gasteiger partial charge is 0.257 e. The Hall–Kier alpha value is -3.87. The van der Waals surface area contributed by atoms with E-state index in [1.165, 1.54) is 5.69 Å². The number of rotatable bonds is 4. The second-order valence-corrected chi connectivity index (χ2v) is 8.44. The van der Waals surface area contributed by atoms with Crippen molar-refractivity contribution in [2.24, 2.45) is 0 Å². The van der Waals surface area contributed by atoms with Crippen molar-refractivity contribution in [3.63, 3.8) is 0 Å². The summed E-state index contributed by atoms with van der Waals surface area (Å²) in [5.41, 5.74) is 6.85. The Morgan fingerprint density at radius 2 is 1.33 bits per heavy atom. The Kier molecular flexibility index (Phi) is 5.46. The topological polar surface area (TPSA) is 59.2 Å². The molecule has 0 bridgehead atoms. The first-order chi connectivity index (χ1) is 16.0. The van der Waals surface area contributed by atoms with Gasteiger partial charge < -0.3 is 9.80 Å². The van der Waals surface area contributed by atoms with E-state index in [1.54, 1.807) is 6.20 Å². The van der Waals surface area contributed by atoms with E-state index < -0.39 is 0 Å². The van der Waals surface area contributed by atoms with E-state index in [4.69, 9.17) is 5.10 Å². The lowest BCUT2D eigenvalue weighted by Crippen LogP contribution is -2.49. The predicted molar refractivity (Wildman–Crippen MR) is 129 cm³/mol. The van der Waals surface area contributed by atoms with Gasteiger partial charge in [0.05, 0.1) is 45.9 Å². The van der Waals surface area contributed by atoms with Crippen molar-refractivity contribution in [1.29, 1.82) is 0 Å². The molecule has 168 valence electrons. The Morgan fingerprint density at radius 3 is 1.94 bits per heavy atom. The molecule has 1 aliphatic heterocycles. The molecule has 2 aromatic heterocycles. The SMILES string of the molecule is Cc1nn(-c2ccccc2)c(C)c1N1CCN(C(=O)c2cnn(-c3ccccc3)c2C)CC1. The van der Waals surface area contributed by atoms with Crippen molar-refractivity contribution < 1.29 is 4.79 Å².